The molecule has 1 N–H and O–H groups in total. The molecule has 7 nitrogen and oxygen atoms in total. The molecule has 0 aromatic heterocycles. The lowest BCUT2D eigenvalue weighted by atomic mass is 10.2. The Morgan fingerprint density at radius 1 is 0.966 bits per heavy atom. The Labute approximate surface area is 171 Å². The lowest BCUT2D eigenvalue weighted by Gasteiger charge is -2.08. The van der Waals surface area contributed by atoms with Crippen molar-refractivity contribution < 1.29 is 19.2 Å². The predicted octanol–water partition coefficient (Wildman–Crippen LogP) is 4.86. The molecule has 0 aliphatic rings. The molecule has 0 aliphatic carbocycles. The number of halogens is 1. The molecule has 8 heteroatoms. The zero-order chi connectivity index (χ0) is 20.8. The maximum atomic E-state index is 12.2. The Balaban J connectivity index is 1.59. The molecule has 0 radical (unpaired) electrons. The van der Waals surface area contributed by atoms with Crippen LogP contribution in [0.2, 0.25) is 5.02 Å². The summed E-state index contributed by atoms with van der Waals surface area (Å²) in [6.07, 6.45) is 0. The lowest BCUT2D eigenvalue weighted by molar-refractivity contribution is -0.384. The number of amides is 1. The van der Waals surface area contributed by atoms with E-state index in [1.54, 1.807) is 36.4 Å². The van der Waals surface area contributed by atoms with Crippen molar-refractivity contribution in [3.63, 3.8) is 0 Å². The average Bonchev–Trinajstić information content (AvgIpc) is 2.73. The van der Waals surface area contributed by atoms with Crippen molar-refractivity contribution in [3.8, 4) is 0 Å². The van der Waals surface area contributed by atoms with E-state index in [0.717, 1.165) is 0 Å². The third-order valence-corrected chi connectivity index (χ3v) is 4.37. The predicted molar refractivity (Wildman–Crippen MR) is 108 cm³/mol. The molecular weight excluding hydrogens is 396 g/mol. The molecular formula is C21H15ClN2O5. The van der Waals surface area contributed by atoms with Crippen molar-refractivity contribution in [3.05, 3.63) is 105 Å². The highest BCUT2D eigenvalue weighted by atomic mass is 35.5. The van der Waals surface area contributed by atoms with Gasteiger partial charge < -0.3 is 10.1 Å². The Hall–Kier alpha value is -3.71. The minimum atomic E-state index is -0.583. The van der Waals surface area contributed by atoms with Crippen molar-refractivity contribution in [2.45, 2.75) is 6.61 Å². The van der Waals surface area contributed by atoms with Gasteiger partial charge in [0.2, 0.25) is 0 Å². The van der Waals surface area contributed by atoms with Gasteiger partial charge in [-0.2, -0.15) is 0 Å². The molecule has 0 saturated carbocycles. The number of nitro groups is 1. The average molecular weight is 411 g/mol. The first-order valence-electron chi connectivity index (χ1n) is 8.50. The largest absolute Gasteiger partial charge is 0.457 e. The zero-order valence-electron chi connectivity index (χ0n) is 15.0. The van der Waals surface area contributed by atoms with Crippen molar-refractivity contribution >= 4 is 34.9 Å². The molecule has 3 aromatic carbocycles. The van der Waals surface area contributed by atoms with Crippen LogP contribution < -0.4 is 5.32 Å². The summed E-state index contributed by atoms with van der Waals surface area (Å²) in [6.45, 7) is -0.123. The first-order chi connectivity index (χ1) is 13.9. The minimum Gasteiger partial charge on any atom is -0.457 e. The van der Waals surface area contributed by atoms with Gasteiger partial charge in [0.05, 0.1) is 15.5 Å². The Bertz CT molecular complexity index is 1050. The normalized spacial score (nSPS) is 10.2. The number of hydrogen-bond acceptors (Lipinski definition) is 5. The van der Waals surface area contributed by atoms with Gasteiger partial charge in [0.15, 0.2) is 0 Å². The van der Waals surface area contributed by atoms with E-state index in [1.165, 1.54) is 30.3 Å². The number of benzene rings is 3. The van der Waals surface area contributed by atoms with E-state index in [1.807, 2.05) is 6.07 Å². The third kappa shape index (κ3) is 5.18. The van der Waals surface area contributed by atoms with Gasteiger partial charge in [0.1, 0.15) is 6.61 Å². The summed E-state index contributed by atoms with van der Waals surface area (Å²) in [6, 6.07) is 18.9. The number of nitrogens with one attached hydrogen (secondary N) is 1. The van der Waals surface area contributed by atoms with Crippen LogP contribution in [0.5, 0.6) is 0 Å². The quantitative estimate of drug-likeness (QED) is 0.355. The lowest BCUT2D eigenvalue weighted by Crippen LogP contribution is -2.12. The maximum Gasteiger partial charge on any atom is 0.338 e. The highest BCUT2D eigenvalue weighted by molar-refractivity contribution is 6.31. The van der Waals surface area contributed by atoms with Crippen LogP contribution in [0.25, 0.3) is 0 Å². The molecule has 29 heavy (non-hydrogen) atoms. The first kappa shape index (κ1) is 20.0. The standard InChI is InChI=1S/C21H15ClN2O5/c22-19-12-18(24(27)28)11-8-16(19)13-29-21(26)15-6-9-17(10-7-15)23-20(25)14-4-2-1-3-5-14/h1-12H,13H2,(H,23,25). The summed E-state index contributed by atoms with van der Waals surface area (Å²) in [5.41, 5.74) is 1.67. The van der Waals surface area contributed by atoms with Gasteiger partial charge in [-0.15, -0.1) is 0 Å². The van der Waals surface area contributed by atoms with Gasteiger partial charge >= 0.3 is 5.97 Å². The Morgan fingerprint density at radius 3 is 2.28 bits per heavy atom. The van der Waals surface area contributed by atoms with E-state index in [0.29, 0.717) is 22.4 Å². The van der Waals surface area contributed by atoms with Gasteiger partial charge in [-0.1, -0.05) is 29.8 Å². The van der Waals surface area contributed by atoms with Crippen LogP contribution in [0.4, 0.5) is 11.4 Å². The van der Waals surface area contributed by atoms with E-state index in [9.17, 15) is 19.7 Å². The second-order valence-electron chi connectivity index (χ2n) is 6.01. The van der Waals surface area contributed by atoms with Gasteiger partial charge in [-0.05, 0) is 42.5 Å². The summed E-state index contributed by atoms with van der Waals surface area (Å²) in [4.78, 5) is 34.5. The highest BCUT2D eigenvalue weighted by Crippen LogP contribution is 2.23. The summed E-state index contributed by atoms with van der Waals surface area (Å²) >= 11 is 5.99. The number of carbonyl (C=O) groups excluding carboxylic acids is 2. The monoisotopic (exact) mass is 410 g/mol. The number of anilines is 1. The van der Waals surface area contributed by atoms with Crippen LogP contribution in [0.1, 0.15) is 26.3 Å². The van der Waals surface area contributed by atoms with Crippen LogP contribution in [0.3, 0.4) is 0 Å². The zero-order valence-corrected chi connectivity index (χ0v) is 15.8. The summed E-state index contributed by atoms with van der Waals surface area (Å²) < 4.78 is 5.21. The molecule has 3 rings (SSSR count). The van der Waals surface area contributed by atoms with Crippen LogP contribution in [0, 0.1) is 10.1 Å². The van der Waals surface area contributed by atoms with Crippen molar-refractivity contribution in [1.29, 1.82) is 0 Å². The molecule has 0 saturated heterocycles. The number of rotatable bonds is 6. The number of non-ortho nitro benzene ring substituents is 1. The number of nitro benzene ring substituents is 1. The third-order valence-electron chi connectivity index (χ3n) is 4.02. The number of hydrogen-bond donors (Lipinski definition) is 1. The molecule has 0 bridgehead atoms. The van der Waals surface area contributed by atoms with E-state index in [-0.39, 0.29) is 23.2 Å². The molecule has 0 aliphatic heterocycles. The van der Waals surface area contributed by atoms with E-state index in [2.05, 4.69) is 5.32 Å². The smallest absolute Gasteiger partial charge is 0.338 e. The van der Waals surface area contributed by atoms with Gasteiger partial charge in [-0.25, -0.2) is 4.79 Å². The molecule has 0 fully saturated rings. The SMILES string of the molecule is O=C(Nc1ccc(C(=O)OCc2ccc([N+](=O)[O-])cc2Cl)cc1)c1ccccc1. The first-order valence-corrected chi connectivity index (χ1v) is 8.88. The fourth-order valence-corrected chi connectivity index (χ4v) is 2.71. The maximum absolute atomic E-state index is 12.2. The van der Waals surface area contributed by atoms with Crippen LogP contribution >= 0.6 is 11.6 Å². The highest BCUT2D eigenvalue weighted by Gasteiger charge is 2.13. The molecule has 146 valence electrons. The van der Waals surface area contributed by atoms with Crippen LogP contribution in [0.15, 0.2) is 72.8 Å². The van der Waals surface area contributed by atoms with E-state index < -0.39 is 10.9 Å². The summed E-state index contributed by atoms with van der Waals surface area (Å²) in [5.74, 6) is -0.839. The molecule has 0 heterocycles. The van der Waals surface area contributed by atoms with E-state index >= 15 is 0 Å². The topological polar surface area (TPSA) is 98.5 Å². The van der Waals surface area contributed by atoms with E-state index in [4.69, 9.17) is 16.3 Å². The number of esters is 1. The van der Waals surface area contributed by atoms with Gasteiger partial charge in [-0.3, -0.25) is 14.9 Å². The van der Waals surface area contributed by atoms with Crippen molar-refractivity contribution in [2.75, 3.05) is 5.32 Å². The number of ether oxygens (including phenoxy) is 1. The summed E-state index contributed by atoms with van der Waals surface area (Å²) in [7, 11) is 0. The molecule has 3 aromatic rings. The van der Waals surface area contributed by atoms with Crippen LogP contribution in [-0.4, -0.2) is 16.8 Å². The molecule has 0 atom stereocenters. The molecule has 0 unspecified atom stereocenters. The van der Waals surface area contributed by atoms with Gasteiger partial charge in [0, 0.05) is 28.9 Å². The number of carbonyl (C=O) groups is 2. The fourth-order valence-electron chi connectivity index (χ4n) is 2.48. The van der Waals surface area contributed by atoms with Gasteiger partial charge in [0.25, 0.3) is 11.6 Å². The Kier molecular flexibility index (Phi) is 6.21. The van der Waals surface area contributed by atoms with Crippen LogP contribution in [-0.2, 0) is 11.3 Å². The molecule has 1 amide bonds. The Morgan fingerprint density at radius 2 is 1.66 bits per heavy atom. The second kappa shape index (κ2) is 8.99. The second-order valence-corrected chi connectivity index (χ2v) is 6.41. The van der Waals surface area contributed by atoms with Crippen molar-refractivity contribution in [1.82, 2.24) is 0 Å². The fraction of sp³-hybridized carbons (Fsp3) is 0.0476. The summed E-state index contributed by atoms with van der Waals surface area (Å²) in [5, 5.41) is 13.6. The number of nitrogens with zero attached hydrogens (tertiary/aromatic N) is 1. The molecule has 0 spiro atoms. The van der Waals surface area contributed by atoms with Crippen molar-refractivity contribution in [2.24, 2.45) is 0 Å². The minimum absolute atomic E-state index is 0.123.